The third-order valence-electron chi connectivity index (χ3n) is 3.04. The lowest BCUT2D eigenvalue weighted by atomic mass is 10.1. The SMILES string of the molecule is N#Cc1c(OC[C@H]2CCC[NH2+]2)cccc1[N+](=O)[O-].[Cl-]. The van der Waals surface area contributed by atoms with Crippen LogP contribution in [0.2, 0.25) is 0 Å². The maximum Gasteiger partial charge on any atom is 0.290 e. The lowest BCUT2D eigenvalue weighted by Gasteiger charge is -2.10. The van der Waals surface area contributed by atoms with Crippen LogP contribution in [0.15, 0.2) is 18.2 Å². The highest BCUT2D eigenvalue weighted by molar-refractivity contribution is 5.56. The van der Waals surface area contributed by atoms with Crippen molar-refractivity contribution in [2.75, 3.05) is 13.2 Å². The van der Waals surface area contributed by atoms with Crippen LogP contribution in [0.25, 0.3) is 0 Å². The van der Waals surface area contributed by atoms with Crippen LogP contribution in [-0.2, 0) is 0 Å². The standard InChI is InChI=1S/C12H13N3O3.ClH/c13-7-10-11(15(16)17)4-1-5-12(10)18-8-9-3-2-6-14-9;/h1,4-5,9,14H,2-3,6,8H2;1H/t9-;/m1./s1. The van der Waals surface area contributed by atoms with Gasteiger partial charge in [0.25, 0.3) is 5.69 Å². The maximum absolute atomic E-state index is 10.8. The van der Waals surface area contributed by atoms with E-state index in [-0.39, 0.29) is 23.7 Å². The number of nitrogens with zero attached hydrogens (tertiary/aromatic N) is 2. The quantitative estimate of drug-likeness (QED) is 0.491. The van der Waals surface area contributed by atoms with Gasteiger partial charge in [0.05, 0.1) is 11.5 Å². The van der Waals surface area contributed by atoms with E-state index in [4.69, 9.17) is 10.00 Å². The number of nitro benzene ring substituents is 1. The van der Waals surface area contributed by atoms with Gasteiger partial charge in [-0.2, -0.15) is 5.26 Å². The summed E-state index contributed by atoms with van der Waals surface area (Å²) in [5.74, 6) is 0.298. The molecule has 0 bridgehead atoms. The van der Waals surface area contributed by atoms with E-state index in [1.54, 1.807) is 6.07 Å². The molecule has 1 aliphatic heterocycles. The summed E-state index contributed by atoms with van der Waals surface area (Å²) in [6, 6.07) is 6.67. The summed E-state index contributed by atoms with van der Waals surface area (Å²) in [5.41, 5.74) is -0.203. The third-order valence-corrected chi connectivity index (χ3v) is 3.04. The molecule has 0 spiro atoms. The van der Waals surface area contributed by atoms with Crippen LogP contribution in [0.1, 0.15) is 18.4 Å². The topological polar surface area (TPSA) is 92.8 Å². The molecule has 1 heterocycles. The number of rotatable bonds is 4. The highest BCUT2D eigenvalue weighted by Gasteiger charge is 2.22. The highest BCUT2D eigenvalue weighted by atomic mass is 35.5. The Morgan fingerprint density at radius 1 is 1.58 bits per heavy atom. The van der Waals surface area contributed by atoms with E-state index in [2.05, 4.69) is 5.32 Å². The van der Waals surface area contributed by atoms with Crippen LogP contribution in [0.5, 0.6) is 5.75 Å². The van der Waals surface area contributed by atoms with Gasteiger partial charge in [0, 0.05) is 18.9 Å². The number of nitriles is 1. The molecule has 7 heteroatoms. The lowest BCUT2D eigenvalue weighted by Crippen LogP contribution is -3.00. The largest absolute Gasteiger partial charge is 1.00 e. The molecule has 19 heavy (non-hydrogen) atoms. The number of hydrogen-bond acceptors (Lipinski definition) is 4. The molecule has 1 atom stereocenters. The molecule has 1 aromatic carbocycles. The second-order valence-electron chi connectivity index (χ2n) is 4.26. The van der Waals surface area contributed by atoms with Gasteiger partial charge < -0.3 is 22.5 Å². The van der Waals surface area contributed by atoms with E-state index >= 15 is 0 Å². The molecule has 0 aromatic heterocycles. The average Bonchev–Trinajstić information content (AvgIpc) is 2.88. The van der Waals surface area contributed by atoms with E-state index < -0.39 is 4.92 Å². The summed E-state index contributed by atoms with van der Waals surface area (Å²) in [7, 11) is 0. The summed E-state index contributed by atoms with van der Waals surface area (Å²) in [6.45, 7) is 1.57. The molecule has 0 saturated carbocycles. The fourth-order valence-electron chi connectivity index (χ4n) is 2.10. The average molecular weight is 284 g/mol. The number of nitro groups is 1. The van der Waals surface area contributed by atoms with Gasteiger partial charge >= 0.3 is 0 Å². The fraction of sp³-hybridized carbons (Fsp3) is 0.417. The molecule has 1 fully saturated rings. The maximum atomic E-state index is 10.8. The molecular weight excluding hydrogens is 270 g/mol. The van der Waals surface area contributed by atoms with Crippen LogP contribution >= 0.6 is 0 Å². The van der Waals surface area contributed by atoms with Crippen LogP contribution in [0.4, 0.5) is 5.69 Å². The number of ether oxygens (including phenoxy) is 1. The van der Waals surface area contributed by atoms with Gasteiger partial charge in [0.1, 0.15) is 24.5 Å². The molecule has 6 nitrogen and oxygen atoms in total. The molecule has 2 N–H and O–H groups in total. The Kier molecular flexibility index (Phi) is 5.55. The van der Waals surface area contributed by atoms with Gasteiger partial charge in [-0.05, 0) is 6.07 Å². The van der Waals surface area contributed by atoms with Crippen molar-refractivity contribution in [3.8, 4) is 11.8 Å². The molecule has 2 rings (SSSR count). The summed E-state index contributed by atoms with van der Waals surface area (Å²) in [4.78, 5) is 10.2. The van der Waals surface area contributed by atoms with Crippen LogP contribution < -0.4 is 22.5 Å². The first-order valence-corrected chi connectivity index (χ1v) is 5.86. The van der Waals surface area contributed by atoms with Gasteiger partial charge in [-0.3, -0.25) is 10.1 Å². The van der Waals surface area contributed by atoms with Crippen LogP contribution in [0.3, 0.4) is 0 Å². The van der Waals surface area contributed by atoms with Crippen LogP contribution in [0, 0.1) is 21.4 Å². The lowest BCUT2D eigenvalue weighted by molar-refractivity contribution is -0.670. The van der Waals surface area contributed by atoms with E-state index in [9.17, 15) is 10.1 Å². The Morgan fingerprint density at radius 2 is 2.37 bits per heavy atom. The number of hydrogen-bond donors (Lipinski definition) is 1. The second kappa shape index (κ2) is 6.92. The minimum atomic E-state index is -0.562. The number of benzene rings is 1. The normalized spacial score (nSPS) is 17.3. The van der Waals surface area contributed by atoms with Gasteiger partial charge in [-0.15, -0.1) is 0 Å². The van der Waals surface area contributed by atoms with Crippen molar-refractivity contribution in [1.29, 1.82) is 5.26 Å². The molecule has 0 amide bonds. The summed E-state index contributed by atoms with van der Waals surface area (Å²) < 4.78 is 5.54. The van der Waals surface area contributed by atoms with Gasteiger partial charge in [-0.25, -0.2) is 0 Å². The molecule has 102 valence electrons. The minimum Gasteiger partial charge on any atom is -1.00 e. The zero-order valence-corrected chi connectivity index (χ0v) is 11.0. The third kappa shape index (κ3) is 3.56. The Hall–Kier alpha value is -1.84. The predicted molar refractivity (Wildman–Crippen MR) is 63.1 cm³/mol. The Morgan fingerprint density at radius 3 is 2.95 bits per heavy atom. The summed E-state index contributed by atoms with van der Waals surface area (Å²) in [5, 5.41) is 22.0. The predicted octanol–water partition coefficient (Wildman–Crippen LogP) is -2.42. The van der Waals surface area contributed by atoms with Crippen molar-refractivity contribution in [1.82, 2.24) is 0 Å². The molecule has 1 saturated heterocycles. The molecule has 0 aliphatic carbocycles. The summed E-state index contributed by atoms with van der Waals surface area (Å²) in [6.07, 6.45) is 2.24. The second-order valence-corrected chi connectivity index (χ2v) is 4.26. The van der Waals surface area contributed by atoms with Crippen molar-refractivity contribution in [3.05, 3.63) is 33.9 Å². The molecule has 0 radical (unpaired) electrons. The number of quaternary nitrogens is 1. The molecular formula is C12H14ClN3O3. The zero-order chi connectivity index (χ0) is 13.0. The monoisotopic (exact) mass is 283 g/mol. The van der Waals surface area contributed by atoms with E-state index in [1.807, 2.05) is 6.07 Å². The Labute approximate surface area is 116 Å². The van der Waals surface area contributed by atoms with Gasteiger partial charge in [0.2, 0.25) is 0 Å². The molecule has 1 aliphatic rings. The van der Waals surface area contributed by atoms with Crippen molar-refractivity contribution in [3.63, 3.8) is 0 Å². The van der Waals surface area contributed by atoms with E-state index in [1.165, 1.54) is 12.1 Å². The van der Waals surface area contributed by atoms with Crippen molar-refractivity contribution < 1.29 is 27.4 Å². The fourth-order valence-corrected chi connectivity index (χ4v) is 2.10. The smallest absolute Gasteiger partial charge is 0.290 e. The molecule has 0 unspecified atom stereocenters. The zero-order valence-electron chi connectivity index (χ0n) is 10.2. The Bertz CT molecular complexity index is 495. The number of nitrogens with two attached hydrogens (primary N) is 1. The first-order chi connectivity index (χ1) is 8.72. The van der Waals surface area contributed by atoms with Crippen molar-refractivity contribution in [2.45, 2.75) is 18.9 Å². The highest BCUT2D eigenvalue weighted by Crippen LogP contribution is 2.27. The van der Waals surface area contributed by atoms with E-state index in [0.717, 1.165) is 19.4 Å². The first-order valence-electron chi connectivity index (χ1n) is 5.86. The van der Waals surface area contributed by atoms with Gasteiger partial charge in [0.15, 0.2) is 5.56 Å². The van der Waals surface area contributed by atoms with Crippen LogP contribution in [-0.4, -0.2) is 24.1 Å². The van der Waals surface area contributed by atoms with E-state index in [0.29, 0.717) is 18.4 Å². The first kappa shape index (κ1) is 15.2. The molecule has 1 aromatic rings. The van der Waals surface area contributed by atoms with Crippen molar-refractivity contribution in [2.24, 2.45) is 0 Å². The van der Waals surface area contributed by atoms with Crippen molar-refractivity contribution >= 4 is 5.69 Å². The van der Waals surface area contributed by atoms with Gasteiger partial charge in [-0.1, -0.05) is 6.07 Å². The number of halogens is 1. The summed E-state index contributed by atoms with van der Waals surface area (Å²) >= 11 is 0. The Balaban J connectivity index is 0.00000180. The minimum absolute atomic E-state index is 0.